The summed E-state index contributed by atoms with van der Waals surface area (Å²) < 4.78 is 5.20. The predicted octanol–water partition coefficient (Wildman–Crippen LogP) is 0.536. The van der Waals surface area contributed by atoms with Crippen LogP contribution in [-0.4, -0.2) is 36.2 Å². The second kappa shape index (κ2) is 6.40. The summed E-state index contributed by atoms with van der Waals surface area (Å²) in [7, 11) is 0. The van der Waals surface area contributed by atoms with Gasteiger partial charge in [-0.3, -0.25) is 9.59 Å². The first kappa shape index (κ1) is 12.0. The Kier molecular flexibility index (Phi) is 5.10. The van der Waals surface area contributed by atoms with Crippen molar-refractivity contribution in [2.45, 2.75) is 38.2 Å². The standard InChI is InChI=1S/C10H17NO4/c12-9(13)5-1-2-6-11-10(14)8-4-3-7-15-8/h8H,1-7H2,(H,11,14)(H,12,13)/t8-/m1/s1. The third-order valence-corrected chi connectivity index (χ3v) is 2.34. The Hall–Kier alpha value is -1.10. The maximum atomic E-state index is 11.4. The highest BCUT2D eigenvalue weighted by molar-refractivity contribution is 5.80. The van der Waals surface area contributed by atoms with E-state index in [4.69, 9.17) is 9.84 Å². The van der Waals surface area contributed by atoms with Gasteiger partial charge < -0.3 is 15.2 Å². The van der Waals surface area contributed by atoms with Crippen LogP contribution in [0.2, 0.25) is 0 Å². The Morgan fingerprint density at radius 3 is 2.80 bits per heavy atom. The molecule has 1 atom stereocenters. The molecule has 0 aromatic carbocycles. The van der Waals surface area contributed by atoms with Crippen molar-refractivity contribution >= 4 is 11.9 Å². The van der Waals surface area contributed by atoms with E-state index in [0.29, 0.717) is 26.0 Å². The molecule has 86 valence electrons. The van der Waals surface area contributed by atoms with Gasteiger partial charge in [0, 0.05) is 19.6 Å². The third kappa shape index (κ3) is 4.78. The molecule has 0 aliphatic carbocycles. The average molecular weight is 215 g/mol. The van der Waals surface area contributed by atoms with Crippen LogP contribution in [0.5, 0.6) is 0 Å². The molecule has 1 fully saturated rings. The number of aliphatic carboxylic acids is 1. The number of carboxylic acid groups (broad SMARTS) is 1. The summed E-state index contributed by atoms with van der Waals surface area (Å²) in [5.74, 6) is -0.858. The average Bonchev–Trinajstić information content (AvgIpc) is 2.69. The number of rotatable bonds is 6. The zero-order valence-electron chi connectivity index (χ0n) is 8.70. The summed E-state index contributed by atoms with van der Waals surface area (Å²) in [6, 6.07) is 0. The van der Waals surface area contributed by atoms with E-state index in [1.165, 1.54) is 0 Å². The largest absolute Gasteiger partial charge is 0.481 e. The molecule has 1 amide bonds. The van der Waals surface area contributed by atoms with E-state index >= 15 is 0 Å². The van der Waals surface area contributed by atoms with E-state index in [0.717, 1.165) is 12.8 Å². The molecule has 1 heterocycles. The fraction of sp³-hybridized carbons (Fsp3) is 0.800. The molecule has 1 aliphatic rings. The molecule has 1 aliphatic heterocycles. The van der Waals surface area contributed by atoms with Crippen LogP contribution in [0.1, 0.15) is 32.1 Å². The first-order valence-electron chi connectivity index (χ1n) is 5.31. The fourth-order valence-corrected chi connectivity index (χ4v) is 1.51. The van der Waals surface area contributed by atoms with Gasteiger partial charge in [-0.15, -0.1) is 0 Å². The molecule has 0 radical (unpaired) electrons. The molecular weight excluding hydrogens is 198 g/mol. The summed E-state index contributed by atoms with van der Waals surface area (Å²) in [6.45, 7) is 1.20. The number of nitrogens with one attached hydrogen (secondary N) is 1. The number of ether oxygens (including phenoxy) is 1. The molecule has 1 saturated heterocycles. The molecule has 5 heteroatoms. The molecule has 0 bridgehead atoms. The number of unbranched alkanes of at least 4 members (excludes halogenated alkanes) is 1. The van der Waals surface area contributed by atoms with E-state index in [2.05, 4.69) is 5.32 Å². The Morgan fingerprint density at radius 2 is 2.20 bits per heavy atom. The normalized spacial score (nSPS) is 20.1. The van der Waals surface area contributed by atoms with Crippen molar-refractivity contribution in [1.29, 1.82) is 0 Å². The third-order valence-electron chi connectivity index (χ3n) is 2.34. The maximum Gasteiger partial charge on any atom is 0.303 e. The van der Waals surface area contributed by atoms with Crippen molar-refractivity contribution in [2.75, 3.05) is 13.2 Å². The molecule has 1 rings (SSSR count). The Labute approximate surface area is 88.8 Å². The Bertz CT molecular complexity index is 223. The highest BCUT2D eigenvalue weighted by atomic mass is 16.5. The summed E-state index contributed by atoms with van der Waals surface area (Å²) in [5, 5.41) is 11.1. The van der Waals surface area contributed by atoms with Crippen molar-refractivity contribution in [1.82, 2.24) is 5.32 Å². The van der Waals surface area contributed by atoms with Crippen molar-refractivity contribution < 1.29 is 19.4 Å². The SMILES string of the molecule is O=C(O)CCCCNC(=O)[C@H]1CCCO1. The van der Waals surface area contributed by atoms with Crippen LogP contribution in [0.15, 0.2) is 0 Å². The molecule has 0 aromatic heterocycles. The highest BCUT2D eigenvalue weighted by Crippen LogP contribution is 2.11. The molecule has 15 heavy (non-hydrogen) atoms. The monoisotopic (exact) mass is 215 g/mol. The van der Waals surface area contributed by atoms with E-state index in [-0.39, 0.29) is 18.4 Å². The molecule has 0 unspecified atom stereocenters. The molecule has 0 saturated carbocycles. The first-order chi connectivity index (χ1) is 7.20. The number of hydrogen-bond acceptors (Lipinski definition) is 3. The Morgan fingerprint density at radius 1 is 1.40 bits per heavy atom. The van der Waals surface area contributed by atoms with E-state index < -0.39 is 5.97 Å². The van der Waals surface area contributed by atoms with Crippen molar-refractivity contribution in [3.63, 3.8) is 0 Å². The van der Waals surface area contributed by atoms with E-state index in [1.54, 1.807) is 0 Å². The quantitative estimate of drug-likeness (QED) is 0.634. The number of hydrogen-bond donors (Lipinski definition) is 2. The topological polar surface area (TPSA) is 75.6 Å². The summed E-state index contributed by atoms with van der Waals surface area (Å²) in [6.07, 6.45) is 2.91. The predicted molar refractivity (Wildman–Crippen MR) is 53.5 cm³/mol. The number of carbonyl (C=O) groups excluding carboxylic acids is 1. The van der Waals surface area contributed by atoms with Gasteiger partial charge in [0.15, 0.2) is 0 Å². The van der Waals surface area contributed by atoms with Gasteiger partial charge in [-0.05, 0) is 25.7 Å². The lowest BCUT2D eigenvalue weighted by atomic mass is 10.2. The zero-order valence-corrected chi connectivity index (χ0v) is 8.70. The smallest absolute Gasteiger partial charge is 0.303 e. The van der Waals surface area contributed by atoms with Crippen LogP contribution < -0.4 is 5.32 Å². The number of carboxylic acids is 1. The summed E-state index contributed by atoms with van der Waals surface area (Å²) in [4.78, 5) is 21.6. The van der Waals surface area contributed by atoms with E-state index in [1.807, 2.05) is 0 Å². The van der Waals surface area contributed by atoms with Gasteiger partial charge in [-0.2, -0.15) is 0 Å². The van der Waals surface area contributed by atoms with Gasteiger partial charge >= 0.3 is 5.97 Å². The van der Waals surface area contributed by atoms with Gasteiger partial charge in [0.05, 0.1) is 0 Å². The molecule has 5 nitrogen and oxygen atoms in total. The zero-order chi connectivity index (χ0) is 11.1. The van der Waals surface area contributed by atoms with E-state index in [9.17, 15) is 9.59 Å². The van der Waals surface area contributed by atoms with Gasteiger partial charge in [-0.25, -0.2) is 0 Å². The van der Waals surface area contributed by atoms with Crippen LogP contribution in [-0.2, 0) is 14.3 Å². The van der Waals surface area contributed by atoms with Crippen LogP contribution >= 0.6 is 0 Å². The maximum absolute atomic E-state index is 11.4. The minimum Gasteiger partial charge on any atom is -0.481 e. The van der Waals surface area contributed by atoms with Crippen LogP contribution in [0.4, 0.5) is 0 Å². The summed E-state index contributed by atoms with van der Waals surface area (Å²) in [5.41, 5.74) is 0. The number of carbonyl (C=O) groups is 2. The lowest BCUT2D eigenvalue weighted by Crippen LogP contribution is -2.34. The lowest BCUT2D eigenvalue weighted by Gasteiger charge is -2.09. The lowest BCUT2D eigenvalue weighted by molar-refractivity contribution is -0.137. The van der Waals surface area contributed by atoms with Crippen molar-refractivity contribution in [3.8, 4) is 0 Å². The van der Waals surface area contributed by atoms with Gasteiger partial charge in [0.1, 0.15) is 6.10 Å². The molecule has 0 spiro atoms. The van der Waals surface area contributed by atoms with Crippen LogP contribution in [0.25, 0.3) is 0 Å². The summed E-state index contributed by atoms with van der Waals surface area (Å²) >= 11 is 0. The van der Waals surface area contributed by atoms with Crippen molar-refractivity contribution in [3.05, 3.63) is 0 Å². The molecular formula is C10H17NO4. The van der Waals surface area contributed by atoms with Crippen molar-refractivity contribution in [2.24, 2.45) is 0 Å². The minimum absolute atomic E-state index is 0.0668. The molecule has 0 aromatic rings. The van der Waals surface area contributed by atoms with Crippen LogP contribution in [0.3, 0.4) is 0 Å². The fourth-order valence-electron chi connectivity index (χ4n) is 1.51. The van der Waals surface area contributed by atoms with Gasteiger partial charge in [-0.1, -0.05) is 0 Å². The second-order valence-electron chi connectivity index (χ2n) is 3.64. The van der Waals surface area contributed by atoms with Gasteiger partial charge in [0.25, 0.3) is 0 Å². The Balaban J connectivity index is 1.99. The minimum atomic E-state index is -0.791. The number of amides is 1. The molecule has 2 N–H and O–H groups in total. The highest BCUT2D eigenvalue weighted by Gasteiger charge is 2.22. The second-order valence-corrected chi connectivity index (χ2v) is 3.64. The first-order valence-corrected chi connectivity index (χ1v) is 5.31. The van der Waals surface area contributed by atoms with Crippen LogP contribution in [0, 0.1) is 0 Å². The van der Waals surface area contributed by atoms with Gasteiger partial charge in [0.2, 0.25) is 5.91 Å².